The predicted octanol–water partition coefficient (Wildman–Crippen LogP) is 1.07. The highest BCUT2D eigenvalue weighted by molar-refractivity contribution is 7.89. The molecule has 25 heavy (non-hydrogen) atoms. The summed E-state index contributed by atoms with van der Waals surface area (Å²) in [7, 11) is -3.43. The van der Waals surface area contributed by atoms with Gasteiger partial charge in [0.1, 0.15) is 11.4 Å². The molecule has 0 radical (unpaired) electrons. The highest BCUT2D eigenvalue weighted by Gasteiger charge is 2.37. The lowest BCUT2D eigenvalue weighted by atomic mass is 10.0. The monoisotopic (exact) mass is 365 g/mol. The third-order valence-corrected chi connectivity index (χ3v) is 7.33. The molecular formula is C18H27N3O3S. The molecule has 1 aromatic rings. The molecule has 1 aromatic carbocycles. The molecule has 3 heterocycles. The van der Waals surface area contributed by atoms with Crippen LogP contribution in [-0.2, 0) is 16.4 Å². The second-order valence-electron chi connectivity index (χ2n) is 7.90. The number of benzene rings is 1. The molecule has 0 amide bonds. The summed E-state index contributed by atoms with van der Waals surface area (Å²) in [5.74, 6) is 0.809. The zero-order chi connectivity index (χ0) is 17.7. The first-order chi connectivity index (χ1) is 11.9. The average Bonchev–Trinajstić information content (AvgIpc) is 3.18. The van der Waals surface area contributed by atoms with Crippen LogP contribution >= 0.6 is 0 Å². The molecule has 0 aromatic heterocycles. The zero-order valence-corrected chi connectivity index (χ0v) is 15.8. The summed E-state index contributed by atoms with van der Waals surface area (Å²) in [5.41, 5.74) is 0.732. The average molecular weight is 365 g/mol. The first-order valence-corrected chi connectivity index (χ1v) is 10.6. The lowest BCUT2D eigenvalue weighted by molar-refractivity contribution is 0.138. The van der Waals surface area contributed by atoms with Crippen molar-refractivity contribution in [3.8, 4) is 5.75 Å². The van der Waals surface area contributed by atoms with Crippen molar-refractivity contribution in [2.75, 3.05) is 39.3 Å². The first-order valence-electron chi connectivity index (χ1n) is 9.12. The van der Waals surface area contributed by atoms with E-state index in [1.165, 1.54) is 0 Å². The summed E-state index contributed by atoms with van der Waals surface area (Å²) >= 11 is 0. The summed E-state index contributed by atoms with van der Waals surface area (Å²) < 4.78 is 33.7. The van der Waals surface area contributed by atoms with Crippen molar-refractivity contribution in [3.63, 3.8) is 0 Å². The Morgan fingerprint density at radius 2 is 1.96 bits per heavy atom. The molecule has 7 heteroatoms. The van der Waals surface area contributed by atoms with Crippen molar-refractivity contribution in [2.45, 2.75) is 43.2 Å². The maximum absolute atomic E-state index is 13.1. The number of sulfonamides is 1. The molecule has 138 valence electrons. The van der Waals surface area contributed by atoms with Gasteiger partial charge in [-0.2, -0.15) is 4.31 Å². The summed E-state index contributed by atoms with van der Waals surface area (Å²) in [6.45, 7) is 9.25. The highest BCUT2D eigenvalue weighted by atomic mass is 32.2. The maximum Gasteiger partial charge on any atom is 0.243 e. The maximum atomic E-state index is 13.1. The number of fused-ring (bicyclic) bond motifs is 1. The van der Waals surface area contributed by atoms with E-state index in [4.69, 9.17) is 4.74 Å². The Bertz CT molecular complexity index is 757. The van der Waals surface area contributed by atoms with Gasteiger partial charge in [0.05, 0.1) is 4.90 Å². The molecule has 0 spiro atoms. The number of nitrogens with one attached hydrogen (secondary N) is 1. The Kier molecular flexibility index (Phi) is 4.30. The largest absolute Gasteiger partial charge is 0.487 e. The number of piperazine rings is 1. The number of rotatable bonds is 3. The van der Waals surface area contributed by atoms with Gasteiger partial charge in [-0.25, -0.2) is 8.42 Å². The van der Waals surface area contributed by atoms with Gasteiger partial charge < -0.3 is 10.1 Å². The number of hydrogen-bond donors (Lipinski definition) is 1. The Morgan fingerprint density at radius 3 is 2.72 bits per heavy atom. The van der Waals surface area contributed by atoms with E-state index in [9.17, 15) is 8.42 Å². The standard InChI is InChI=1S/C18H27N3O3S/c1-18(2)12-14-11-16(3-4-17(14)24-18)25(22,23)21-8-5-15(13-21)20-9-6-19-7-10-20/h3-4,11,15,19H,5-10,12-13H2,1-2H3. The van der Waals surface area contributed by atoms with E-state index in [2.05, 4.69) is 10.2 Å². The number of ether oxygens (including phenoxy) is 1. The molecule has 3 aliphatic heterocycles. The third-order valence-electron chi connectivity index (χ3n) is 5.47. The van der Waals surface area contributed by atoms with E-state index in [-0.39, 0.29) is 5.60 Å². The van der Waals surface area contributed by atoms with Crippen molar-refractivity contribution in [3.05, 3.63) is 23.8 Å². The SMILES string of the molecule is CC1(C)Cc2cc(S(=O)(=O)N3CCC(N4CCNCC4)C3)ccc2O1. The second-order valence-corrected chi connectivity index (χ2v) is 9.84. The molecule has 0 bridgehead atoms. The van der Waals surface area contributed by atoms with Crippen molar-refractivity contribution < 1.29 is 13.2 Å². The molecule has 3 aliphatic rings. The number of nitrogens with zero attached hydrogens (tertiary/aromatic N) is 2. The Labute approximate surface area is 150 Å². The van der Waals surface area contributed by atoms with Crippen LogP contribution < -0.4 is 10.1 Å². The van der Waals surface area contributed by atoms with Crippen LogP contribution in [0.4, 0.5) is 0 Å². The van der Waals surface area contributed by atoms with Crippen LogP contribution in [0, 0.1) is 0 Å². The lowest BCUT2D eigenvalue weighted by Crippen LogP contribution is -2.49. The minimum Gasteiger partial charge on any atom is -0.487 e. The van der Waals surface area contributed by atoms with Gasteiger partial charge in [-0.15, -0.1) is 0 Å². The van der Waals surface area contributed by atoms with Crippen LogP contribution in [-0.4, -0.2) is 68.5 Å². The fourth-order valence-corrected chi connectivity index (χ4v) is 5.71. The summed E-state index contributed by atoms with van der Waals surface area (Å²) in [4.78, 5) is 2.82. The molecule has 0 aliphatic carbocycles. The van der Waals surface area contributed by atoms with Crippen molar-refractivity contribution in [1.29, 1.82) is 0 Å². The number of hydrogen-bond acceptors (Lipinski definition) is 5. The van der Waals surface area contributed by atoms with Gasteiger partial charge in [-0.3, -0.25) is 4.90 Å². The minimum atomic E-state index is -3.43. The highest BCUT2D eigenvalue weighted by Crippen LogP contribution is 2.37. The molecule has 1 unspecified atom stereocenters. The molecule has 2 saturated heterocycles. The van der Waals surface area contributed by atoms with E-state index in [0.717, 1.165) is 50.3 Å². The van der Waals surface area contributed by atoms with Crippen LogP contribution in [0.2, 0.25) is 0 Å². The Morgan fingerprint density at radius 1 is 1.20 bits per heavy atom. The first kappa shape index (κ1) is 17.3. The quantitative estimate of drug-likeness (QED) is 0.868. The summed E-state index contributed by atoms with van der Waals surface area (Å²) in [6.07, 6.45) is 1.66. The van der Waals surface area contributed by atoms with E-state index in [1.54, 1.807) is 22.5 Å². The topological polar surface area (TPSA) is 61.9 Å². The van der Waals surface area contributed by atoms with Gasteiger partial charge in [0.2, 0.25) is 10.0 Å². The molecule has 2 fully saturated rings. The van der Waals surface area contributed by atoms with Crippen LogP contribution in [0.5, 0.6) is 5.75 Å². The van der Waals surface area contributed by atoms with Gasteiger partial charge in [0.15, 0.2) is 0 Å². The summed E-state index contributed by atoms with van der Waals surface area (Å²) in [5, 5.41) is 3.35. The zero-order valence-electron chi connectivity index (χ0n) is 15.0. The lowest BCUT2D eigenvalue weighted by Gasteiger charge is -2.32. The van der Waals surface area contributed by atoms with Gasteiger partial charge in [-0.1, -0.05) is 0 Å². The fraction of sp³-hybridized carbons (Fsp3) is 0.667. The Hall–Kier alpha value is -1.15. The van der Waals surface area contributed by atoms with Gasteiger partial charge in [-0.05, 0) is 44.0 Å². The second kappa shape index (κ2) is 6.23. The van der Waals surface area contributed by atoms with Crippen molar-refractivity contribution in [2.24, 2.45) is 0 Å². The molecule has 1 N–H and O–H groups in total. The smallest absolute Gasteiger partial charge is 0.243 e. The molecule has 0 saturated carbocycles. The van der Waals surface area contributed by atoms with E-state index in [1.807, 2.05) is 13.8 Å². The fourth-order valence-electron chi connectivity index (χ4n) is 4.17. The van der Waals surface area contributed by atoms with Crippen LogP contribution in [0.25, 0.3) is 0 Å². The molecule has 6 nitrogen and oxygen atoms in total. The molecule has 1 atom stereocenters. The van der Waals surface area contributed by atoms with Gasteiger partial charge in [0.25, 0.3) is 0 Å². The van der Waals surface area contributed by atoms with E-state index < -0.39 is 10.0 Å². The van der Waals surface area contributed by atoms with Crippen molar-refractivity contribution >= 4 is 10.0 Å². The van der Waals surface area contributed by atoms with Crippen molar-refractivity contribution in [1.82, 2.24) is 14.5 Å². The third kappa shape index (κ3) is 3.30. The van der Waals surface area contributed by atoms with Crippen LogP contribution in [0.1, 0.15) is 25.8 Å². The predicted molar refractivity (Wildman–Crippen MR) is 96.5 cm³/mol. The Balaban J connectivity index is 1.51. The van der Waals surface area contributed by atoms with Gasteiger partial charge in [0, 0.05) is 51.7 Å². The molecule has 4 rings (SSSR count). The van der Waals surface area contributed by atoms with E-state index >= 15 is 0 Å². The normalized spacial score (nSPS) is 27.2. The summed E-state index contributed by atoms with van der Waals surface area (Å²) in [6, 6.07) is 5.64. The van der Waals surface area contributed by atoms with Crippen LogP contribution in [0.3, 0.4) is 0 Å². The van der Waals surface area contributed by atoms with Crippen LogP contribution in [0.15, 0.2) is 23.1 Å². The van der Waals surface area contributed by atoms with E-state index in [0.29, 0.717) is 24.0 Å². The van der Waals surface area contributed by atoms with Gasteiger partial charge >= 0.3 is 0 Å². The molecular weight excluding hydrogens is 338 g/mol. The minimum absolute atomic E-state index is 0.258.